The SMILES string of the molecule is Cc1cc(C(=O)COC(=O)C(C)Cc2cnc3ccccc3n2)c(C)n1Cc1ccc2c(c1)OCO2. The summed E-state index contributed by atoms with van der Waals surface area (Å²) in [5.74, 6) is 0.339. The van der Waals surface area contributed by atoms with Gasteiger partial charge in [-0.15, -0.1) is 0 Å². The number of benzene rings is 2. The fourth-order valence-electron chi connectivity index (χ4n) is 4.40. The number of carbonyl (C=O) groups excluding carboxylic acids is 2. The van der Waals surface area contributed by atoms with E-state index in [4.69, 9.17) is 14.2 Å². The molecule has 1 aliphatic rings. The number of rotatable bonds is 8. The Bertz CT molecular complexity index is 1460. The van der Waals surface area contributed by atoms with Crippen LogP contribution in [0.25, 0.3) is 11.0 Å². The quantitative estimate of drug-likeness (QED) is 0.269. The molecule has 3 heterocycles. The molecule has 36 heavy (non-hydrogen) atoms. The van der Waals surface area contributed by atoms with E-state index in [2.05, 4.69) is 14.5 Å². The summed E-state index contributed by atoms with van der Waals surface area (Å²) in [6.45, 7) is 6.13. The summed E-state index contributed by atoms with van der Waals surface area (Å²) in [6.07, 6.45) is 2.06. The summed E-state index contributed by atoms with van der Waals surface area (Å²) >= 11 is 0. The number of para-hydroxylation sites is 2. The Labute approximate surface area is 208 Å². The second kappa shape index (κ2) is 9.81. The van der Waals surface area contributed by atoms with Crippen molar-refractivity contribution in [1.82, 2.24) is 14.5 Å². The van der Waals surface area contributed by atoms with Crippen LogP contribution in [0.4, 0.5) is 0 Å². The molecule has 0 saturated heterocycles. The van der Waals surface area contributed by atoms with Crippen molar-refractivity contribution in [3.05, 3.63) is 82.9 Å². The molecule has 2 aromatic carbocycles. The van der Waals surface area contributed by atoms with Gasteiger partial charge < -0.3 is 18.8 Å². The molecule has 0 saturated carbocycles. The Kier molecular flexibility index (Phi) is 6.41. The summed E-state index contributed by atoms with van der Waals surface area (Å²) < 4.78 is 18.3. The van der Waals surface area contributed by atoms with E-state index < -0.39 is 11.9 Å². The normalized spacial score (nSPS) is 13.1. The molecule has 0 bridgehead atoms. The van der Waals surface area contributed by atoms with Crippen molar-refractivity contribution in [1.29, 1.82) is 0 Å². The van der Waals surface area contributed by atoms with Gasteiger partial charge in [-0.1, -0.05) is 25.1 Å². The Balaban J connectivity index is 1.20. The first-order chi connectivity index (χ1) is 17.4. The van der Waals surface area contributed by atoms with E-state index in [1.165, 1.54) is 0 Å². The average Bonchev–Trinajstić information content (AvgIpc) is 3.46. The zero-order valence-electron chi connectivity index (χ0n) is 20.5. The van der Waals surface area contributed by atoms with Crippen molar-refractivity contribution in [3.8, 4) is 11.5 Å². The van der Waals surface area contributed by atoms with Crippen molar-refractivity contribution < 1.29 is 23.8 Å². The number of nitrogens with zero attached hydrogens (tertiary/aromatic N) is 3. The van der Waals surface area contributed by atoms with Crippen LogP contribution in [0.2, 0.25) is 0 Å². The minimum Gasteiger partial charge on any atom is -0.457 e. The Morgan fingerprint density at radius 2 is 1.83 bits per heavy atom. The van der Waals surface area contributed by atoms with Crippen molar-refractivity contribution in [2.75, 3.05) is 13.4 Å². The average molecular weight is 486 g/mol. The lowest BCUT2D eigenvalue weighted by Gasteiger charge is -2.12. The van der Waals surface area contributed by atoms with Crippen molar-refractivity contribution in [2.24, 2.45) is 5.92 Å². The predicted molar refractivity (Wildman–Crippen MR) is 133 cm³/mol. The zero-order chi connectivity index (χ0) is 25.2. The number of hydrogen-bond acceptors (Lipinski definition) is 7. The number of aryl methyl sites for hydroxylation is 1. The molecule has 2 aromatic heterocycles. The van der Waals surface area contributed by atoms with Gasteiger partial charge in [-0.05, 0) is 49.7 Å². The summed E-state index contributed by atoms with van der Waals surface area (Å²) in [6, 6.07) is 15.2. The number of esters is 1. The number of fused-ring (bicyclic) bond motifs is 2. The summed E-state index contributed by atoms with van der Waals surface area (Å²) in [7, 11) is 0. The maximum Gasteiger partial charge on any atom is 0.309 e. The highest BCUT2D eigenvalue weighted by molar-refractivity contribution is 5.99. The van der Waals surface area contributed by atoms with E-state index in [9.17, 15) is 9.59 Å². The smallest absolute Gasteiger partial charge is 0.309 e. The van der Waals surface area contributed by atoms with Crippen LogP contribution in [-0.2, 0) is 22.5 Å². The molecule has 184 valence electrons. The highest BCUT2D eigenvalue weighted by Gasteiger charge is 2.21. The lowest BCUT2D eigenvalue weighted by atomic mass is 10.1. The molecule has 0 radical (unpaired) electrons. The first kappa shape index (κ1) is 23.5. The molecule has 8 heteroatoms. The molecule has 0 fully saturated rings. The van der Waals surface area contributed by atoms with Crippen molar-refractivity contribution in [2.45, 2.75) is 33.7 Å². The third-order valence-corrected chi connectivity index (χ3v) is 6.41. The number of Topliss-reactive ketones (excluding diaryl/α,β-unsaturated/α-hetero) is 1. The minimum atomic E-state index is -0.452. The molecule has 0 N–H and O–H groups in total. The van der Waals surface area contributed by atoms with E-state index >= 15 is 0 Å². The first-order valence-electron chi connectivity index (χ1n) is 11.8. The fraction of sp³-hybridized carbons (Fsp3) is 0.286. The van der Waals surface area contributed by atoms with Gasteiger partial charge in [0.05, 0.1) is 22.6 Å². The molecule has 4 aromatic rings. The lowest BCUT2D eigenvalue weighted by molar-refractivity contribution is -0.146. The van der Waals surface area contributed by atoms with Gasteiger partial charge in [-0.3, -0.25) is 14.6 Å². The predicted octanol–water partition coefficient (Wildman–Crippen LogP) is 4.43. The monoisotopic (exact) mass is 485 g/mol. The molecular weight excluding hydrogens is 458 g/mol. The van der Waals surface area contributed by atoms with Gasteiger partial charge in [0, 0.05) is 36.1 Å². The first-order valence-corrected chi connectivity index (χ1v) is 11.8. The van der Waals surface area contributed by atoms with Crippen LogP contribution in [0, 0.1) is 19.8 Å². The largest absolute Gasteiger partial charge is 0.457 e. The number of hydrogen-bond donors (Lipinski definition) is 0. The van der Waals surface area contributed by atoms with Crippen LogP contribution in [-0.4, -0.2) is 39.7 Å². The van der Waals surface area contributed by atoms with Crippen LogP contribution in [0.5, 0.6) is 11.5 Å². The van der Waals surface area contributed by atoms with Crippen molar-refractivity contribution in [3.63, 3.8) is 0 Å². The second-order valence-electron chi connectivity index (χ2n) is 9.04. The zero-order valence-corrected chi connectivity index (χ0v) is 20.5. The molecule has 1 unspecified atom stereocenters. The van der Waals surface area contributed by atoms with Gasteiger partial charge in [-0.25, -0.2) is 4.98 Å². The summed E-state index contributed by atoms with van der Waals surface area (Å²) in [4.78, 5) is 34.5. The molecule has 0 amide bonds. The van der Waals surface area contributed by atoms with E-state index in [0.717, 1.165) is 39.5 Å². The van der Waals surface area contributed by atoms with Crippen LogP contribution >= 0.6 is 0 Å². The molecule has 1 aliphatic heterocycles. The van der Waals surface area contributed by atoms with E-state index in [0.29, 0.717) is 24.2 Å². The lowest BCUT2D eigenvalue weighted by Crippen LogP contribution is -2.21. The van der Waals surface area contributed by atoms with E-state index in [1.54, 1.807) is 13.1 Å². The van der Waals surface area contributed by atoms with Gasteiger partial charge in [0.1, 0.15) is 0 Å². The van der Waals surface area contributed by atoms with Crippen LogP contribution in [0.15, 0.2) is 54.7 Å². The third kappa shape index (κ3) is 4.79. The number of carbonyl (C=O) groups is 2. The Hall–Kier alpha value is -4.20. The highest BCUT2D eigenvalue weighted by atomic mass is 16.7. The van der Waals surface area contributed by atoms with Gasteiger partial charge in [0.2, 0.25) is 12.6 Å². The molecule has 0 aliphatic carbocycles. The van der Waals surface area contributed by atoms with Crippen LogP contribution in [0.3, 0.4) is 0 Å². The van der Waals surface area contributed by atoms with Crippen molar-refractivity contribution >= 4 is 22.8 Å². The highest BCUT2D eigenvalue weighted by Crippen LogP contribution is 2.33. The summed E-state index contributed by atoms with van der Waals surface area (Å²) in [5.41, 5.74) is 5.65. The van der Waals surface area contributed by atoms with Gasteiger partial charge in [0.25, 0.3) is 0 Å². The Morgan fingerprint density at radius 1 is 1.06 bits per heavy atom. The fourth-order valence-corrected chi connectivity index (χ4v) is 4.40. The molecule has 5 rings (SSSR count). The third-order valence-electron chi connectivity index (χ3n) is 6.41. The standard InChI is InChI=1S/C28H27N3O5/c1-17(10-21-13-29-23-6-4-5-7-24(23)30-21)28(33)34-15-25(32)22-11-18(2)31(19(22)3)14-20-8-9-26-27(12-20)36-16-35-26/h4-9,11-13,17H,10,14-16H2,1-3H3. The summed E-state index contributed by atoms with van der Waals surface area (Å²) in [5, 5.41) is 0. The topological polar surface area (TPSA) is 92.5 Å². The second-order valence-corrected chi connectivity index (χ2v) is 9.04. The van der Waals surface area contributed by atoms with Gasteiger partial charge >= 0.3 is 5.97 Å². The minimum absolute atomic E-state index is 0.228. The van der Waals surface area contributed by atoms with Crippen LogP contribution < -0.4 is 9.47 Å². The van der Waals surface area contributed by atoms with Crippen LogP contribution in [0.1, 0.15) is 39.9 Å². The molecular formula is C28H27N3O5. The van der Waals surface area contributed by atoms with Gasteiger partial charge in [-0.2, -0.15) is 0 Å². The number of ether oxygens (including phenoxy) is 3. The molecule has 8 nitrogen and oxygen atoms in total. The van der Waals surface area contributed by atoms with Gasteiger partial charge in [0.15, 0.2) is 18.1 Å². The van der Waals surface area contributed by atoms with E-state index in [1.807, 2.05) is 62.4 Å². The number of ketones is 1. The Morgan fingerprint density at radius 3 is 2.67 bits per heavy atom. The number of aromatic nitrogens is 3. The molecule has 1 atom stereocenters. The van der Waals surface area contributed by atoms with E-state index in [-0.39, 0.29) is 19.2 Å². The maximum absolute atomic E-state index is 12.9. The maximum atomic E-state index is 12.9. The molecule has 0 spiro atoms.